The highest BCUT2D eigenvalue weighted by Gasteiger charge is 2.14. The fraction of sp³-hybridized carbons (Fsp3) is 0.0769. The van der Waals surface area contributed by atoms with Crippen LogP contribution < -0.4 is 11.2 Å². The summed E-state index contributed by atoms with van der Waals surface area (Å²) in [4.78, 5) is 16.9. The van der Waals surface area contributed by atoms with Gasteiger partial charge in [-0.05, 0) is 39.5 Å². The van der Waals surface area contributed by atoms with Crippen molar-refractivity contribution in [3.8, 4) is 10.7 Å². The van der Waals surface area contributed by atoms with Crippen LogP contribution in [0.1, 0.15) is 0 Å². The van der Waals surface area contributed by atoms with E-state index in [9.17, 15) is 4.79 Å². The first-order valence-corrected chi connectivity index (χ1v) is 9.08. The van der Waals surface area contributed by atoms with Crippen LogP contribution in [0.3, 0.4) is 0 Å². The smallest absolute Gasteiger partial charge is 0.236 e. The lowest BCUT2D eigenvalue weighted by molar-refractivity contribution is -0.113. The second kappa shape index (κ2) is 7.11. The van der Waals surface area contributed by atoms with Gasteiger partial charge in [-0.15, -0.1) is 21.5 Å². The third-order valence-corrected chi connectivity index (χ3v) is 5.01. The second-order valence-corrected chi connectivity index (χ2v) is 7.16. The number of rotatable bonds is 5. The zero-order valence-electron chi connectivity index (χ0n) is 11.6. The Kier molecular flexibility index (Phi) is 4.94. The number of amides is 1. The highest BCUT2D eigenvalue weighted by molar-refractivity contribution is 9.10. The zero-order valence-corrected chi connectivity index (χ0v) is 14.9. The molecule has 1 amide bonds. The molecule has 0 fully saturated rings. The van der Waals surface area contributed by atoms with E-state index in [0.717, 1.165) is 9.35 Å². The standard InChI is InChI=1S/C13H11BrN6OS2/c14-8-3-4-10(16-6-8)17-11(21)7-23-13-19-18-12(20(13)15)9-2-1-5-22-9/h1-6H,7,15H2,(H,16,17,21). The van der Waals surface area contributed by atoms with Gasteiger partial charge in [-0.1, -0.05) is 17.8 Å². The summed E-state index contributed by atoms with van der Waals surface area (Å²) in [5.41, 5.74) is 0. The van der Waals surface area contributed by atoms with Crippen molar-refractivity contribution in [2.45, 2.75) is 5.16 Å². The SMILES string of the molecule is Nn1c(SCC(=O)Nc2ccc(Br)cn2)nnc1-c1cccs1. The van der Waals surface area contributed by atoms with E-state index in [0.29, 0.717) is 16.8 Å². The summed E-state index contributed by atoms with van der Waals surface area (Å²) < 4.78 is 2.24. The maximum absolute atomic E-state index is 11.9. The maximum atomic E-state index is 11.9. The van der Waals surface area contributed by atoms with Crippen molar-refractivity contribution in [2.75, 3.05) is 16.9 Å². The lowest BCUT2D eigenvalue weighted by Crippen LogP contribution is -2.16. The Morgan fingerprint density at radius 2 is 2.26 bits per heavy atom. The quantitative estimate of drug-likeness (QED) is 0.495. The molecule has 0 spiro atoms. The largest absolute Gasteiger partial charge is 0.335 e. The van der Waals surface area contributed by atoms with E-state index in [1.807, 2.05) is 17.5 Å². The first-order chi connectivity index (χ1) is 11.1. The van der Waals surface area contributed by atoms with Crippen LogP contribution in [0.4, 0.5) is 5.82 Å². The fourth-order valence-corrected chi connectivity index (χ4v) is 3.30. The van der Waals surface area contributed by atoms with Gasteiger partial charge in [-0.2, -0.15) is 0 Å². The monoisotopic (exact) mass is 410 g/mol. The number of nitrogens with zero attached hydrogens (tertiary/aromatic N) is 4. The minimum Gasteiger partial charge on any atom is -0.335 e. The number of thioether (sulfide) groups is 1. The van der Waals surface area contributed by atoms with Crippen molar-refractivity contribution in [2.24, 2.45) is 0 Å². The average molecular weight is 411 g/mol. The highest BCUT2D eigenvalue weighted by atomic mass is 79.9. The highest BCUT2D eigenvalue weighted by Crippen LogP contribution is 2.25. The Labute approximate surface area is 148 Å². The van der Waals surface area contributed by atoms with Gasteiger partial charge in [-0.3, -0.25) is 4.79 Å². The number of nitrogens with one attached hydrogen (secondary N) is 1. The number of hydrogen-bond donors (Lipinski definition) is 2. The molecular formula is C13H11BrN6OS2. The Balaban J connectivity index is 1.60. The predicted octanol–water partition coefficient (Wildman–Crippen LogP) is 2.61. The molecule has 3 N–H and O–H groups in total. The van der Waals surface area contributed by atoms with Gasteiger partial charge in [0.15, 0.2) is 5.82 Å². The molecule has 23 heavy (non-hydrogen) atoms. The van der Waals surface area contributed by atoms with Gasteiger partial charge in [-0.25, -0.2) is 9.66 Å². The number of nitrogen functional groups attached to an aromatic ring is 1. The maximum Gasteiger partial charge on any atom is 0.236 e. The van der Waals surface area contributed by atoms with E-state index in [4.69, 9.17) is 5.84 Å². The van der Waals surface area contributed by atoms with Crippen molar-refractivity contribution < 1.29 is 4.79 Å². The number of halogens is 1. The molecule has 0 saturated heterocycles. The molecule has 0 radical (unpaired) electrons. The summed E-state index contributed by atoms with van der Waals surface area (Å²) in [6.07, 6.45) is 1.62. The first kappa shape index (κ1) is 16.0. The number of hydrogen-bond acceptors (Lipinski definition) is 7. The van der Waals surface area contributed by atoms with E-state index in [-0.39, 0.29) is 11.7 Å². The van der Waals surface area contributed by atoms with Gasteiger partial charge < -0.3 is 11.2 Å². The third-order valence-electron chi connectivity index (χ3n) is 2.73. The molecular weight excluding hydrogens is 400 g/mol. The van der Waals surface area contributed by atoms with Gasteiger partial charge in [0, 0.05) is 10.7 Å². The number of anilines is 1. The van der Waals surface area contributed by atoms with E-state index >= 15 is 0 Å². The van der Waals surface area contributed by atoms with Gasteiger partial charge in [0.25, 0.3) is 0 Å². The summed E-state index contributed by atoms with van der Waals surface area (Å²) in [5.74, 6) is 7.03. The number of aromatic nitrogens is 4. The number of carbonyl (C=O) groups excluding carboxylic acids is 1. The Morgan fingerprint density at radius 3 is 2.96 bits per heavy atom. The van der Waals surface area contributed by atoms with Gasteiger partial charge in [0.1, 0.15) is 5.82 Å². The topological polar surface area (TPSA) is 98.7 Å². The van der Waals surface area contributed by atoms with Gasteiger partial charge in [0.05, 0.1) is 10.6 Å². The van der Waals surface area contributed by atoms with Crippen molar-refractivity contribution in [3.63, 3.8) is 0 Å². The predicted molar refractivity (Wildman–Crippen MR) is 94.8 cm³/mol. The lowest BCUT2D eigenvalue weighted by atomic mass is 10.4. The second-order valence-electron chi connectivity index (χ2n) is 4.35. The average Bonchev–Trinajstić information content (AvgIpc) is 3.17. The van der Waals surface area contributed by atoms with Crippen molar-refractivity contribution in [3.05, 3.63) is 40.3 Å². The molecule has 0 aliphatic heterocycles. The molecule has 0 aliphatic rings. The molecule has 0 unspecified atom stereocenters. The van der Waals surface area contributed by atoms with E-state index < -0.39 is 0 Å². The van der Waals surface area contributed by atoms with Crippen molar-refractivity contribution >= 4 is 50.8 Å². The van der Waals surface area contributed by atoms with Crippen LogP contribution in [0.5, 0.6) is 0 Å². The molecule has 118 valence electrons. The van der Waals surface area contributed by atoms with Crippen LogP contribution >= 0.6 is 39.0 Å². The first-order valence-electron chi connectivity index (χ1n) is 6.42. The van der Waals surface area contributed by atoms with Crippen LogP contribution in [0.25, 0.3) is 10.7 Å². The van der Waals surface area contributed by atoms with Gasteiger partial charge >= 0.3 is 0 Å². The Bertz CT molecular complexity index is 802. The molecule has 3 aromatic rings. The molecule has 0 aromatic carbocycles. The van der Waals surface area contributed by atoms with Crippen molar-refractivity contribution in [1.29, 1.82) is 0 Å². The molecule has 0 saturated carbocycles. The Hall–Kier alpha value is -1.91. The fourth-order valence-electron chi connectivity index (χ4n) is 1.71. The van der Waals surface area contributed by atoms with E-state index in [1.54, 1.807) is 18.3 Å². The van der Waals surface area contributed by atoms with E-state index in [1.165, 1.54) is 27.8 Å². The summed E-state index contributed by atoms with van der Waals surface area (Å²) >= 11 is 6.03. The molecule has 3 rings (SSSR count). The number of carbonyl (C=O) groups is 1. The lowest BCUT2D eigenvalue weighted by Gasteiger charge is -2.04. The molecule has 0 aliphatic carbocycles. The zero-order chi connectivity index (χ0) is 16.2. The number of pyridine rings is 1. The van der Waals surface area contributed by atoms with Gasteiger partial charge in [0.2, 0.25) is 11.1 Å². The molecule has 0 bridgehead atoms. The molecule has 7 nitrogen and oxygen atoms in total. The summed E-state index contributed by atoms with van der Waals surface area (Å²) in [6, 6.07) is 7.35. The van der Waals surface area contributed by atoms with Crippen molar-refractivity contribution in [1.82, 2.24) is 19.9 Å². The minimum absolute atomic E-state index is 0.164. The Morgan fingerprint density at radius 1 is 1.39 bits per heavy atom. The molecule has 10 heteroatoms. The van der Waals surface area contributed by atoms with Crippen LogP contribution in [0, 0.1) is 0 Å². The molecule has 0 atom stereocenters. The number of nitrogens with two attached hydrogens (primary N) is 1. The van der Waals surface area contributed by atoms with Crippen LogP contribution in [-0.4, -0.2) is 31.5 Å². The third kappa shape index (κ3) is 3.89. The summed E-state index contributed by atoms with van der Waals surface area (Å²) in [6.45, 7) is 0. The molecule has 3 aromatic heterocycles. The van der Waals surface area contributed by atoms with Crippen LogP contribution in [-0.2, 0) is 4.79 Å². The normalized spacial score (nSPS) is 10.7. The van der Waals surface area contributed by atoms with Crippen LogP contribution in [0.2, 0.25) is 0 Å². The number of thiophene rings is 1. The van der Waals surface area contributed by atoms with E-state index in [2.05, 4.69) is 36.4 Å². The van der Waals surface area contributed by atoms with Crippen LogP contribution in [0.15, 0.2) is 45.5 Å². The summed E-state index contributed by atoms with van der Waals surface area (Å²) in [5, 5.41) is 13.2. The molecule has 3 heterocycles. The minimum atomic E-state index is -0.189. The summed E-state index contributed by atoms with van der Waals surface area (Å²) in [7, 11) is 0.